The molecule has 0 aromatic heterocycles. The van der Waals surface area contributed by atoms with Crippen molar-refractivity contribution in [1.29, 1.82) is 0 Å². The molecule has 220 valence electrons. The molecule has 1 amide bonds. The number of anilines is 1. The van der Waals surface area contributed by atoms with Gasteiger partial charge in [0.15, 0.2) is 9.84 Å². The highest BCUT2D eigenvalue weighted by molar-refractivity contribution is 7.91. The number of hydrogen-bond donors (Lipinski definition) is 1. The number of primary amides is 1. The molecule has 2 N–H and O–H groups in total. The van der Waals surface area contributed by atoms with Gasteiger partial charge in [-0.05, 0) is 72.9 Å². The Kier molecular flexibility index (Phi) is 9.44. The van der Waals surface area contributed by atoms with Crippen molar-refractivity contribution in [1.82, 2.24) is 0 Å². The van der Waals surface area contributed by atoms with Crippen molar-refractivity contribution in [2.75, 3.05) is 30.4 Å². The Morgan fingerprint density at radius 1 is 0.951 bits per heavy atom. The van der Waals surface area contributed by atoms with Gasteiger partial charge in [-0.15, -0.1) is 0 Å². The number of carbonyl (C=O) groups is 1. The van der Waals surface area contributed by atoms with E-state index < -0.39 is 33.4 Å². The molecule has 1 heterocycles. The smallest absolute Gasteiger partial charge is 0.380 e. The van der Waals surface area contributed by atoms with Gasteiger partial charge in [0.25, 0.3) is 0 Å². The Morgan fingerprint density at radius 3 is 2.05 bits per heavy atom. The largest absolute Gasteiger partial charge is 0.416 e. The summed E-state index contributed by atoms with van der Waals surface area (Å²) in [5.74, 6) is -1.29. The molecule has 0 saturated carbocycles. The predicted molar refractivity (Wildman–Crippen MR) is 153 cm³/mol. The molecule has 1 fully saturated rings. The lowest BCUT2D eigenvalue weighted by atomic mass is 9.86. The summed E-state index contributed by atoms with van der Waals surface area (Å²) in [6, 6.07) is 19.2. The molecule has 0 spiro atoms. The highest BCUT2D eigenvalue weighted by atomic mass is 32.2. The Balaban J connectivity index is 1.59. The van der Waals surface area contributed by atoms with Gasteiger partial charge in [0.05, 0.1) is 34.8 Å². The summed E-state index contributed by atoms with van der Waals surface area (Å²) in [5.41, 5.74) is 8.14. The first kappa shape index (κ1) is 30.6. The third kappa shape index (κ3) is 7.11. The van der Waals surface area contributed by atoms with Crippen LogP contribution in [0.15, 0.2) is 77.7 Å². The van der Waals surface area contributed by atoms with Crippen LogP contribution in [-0.2, 0) is 25.5 Å². The zero-order valence-corrected chi connectivity index (χ0v) is 23.9. The molecule has 6 nitrogen and oxygen atoms in total. The molecular formula is C31H35F3N2O4S. The number of hydrogen-bond acceptors (Lipinski definition) is 5. The van der Waals surface area contributed by atoms with E-state index in [1.165, 1.54) is 12.1 Å². The average Bonchev–Trinajstić information content (AvgIpc) is 2.96. The third-order valence-corrected chi connectivity index (χ3v) is 9.48. The molecule has 3 atom stereocenters. The first-order valence-electron chi connectivity index (χ1n) is 13.7. The zero-order valence-electron chi connectivity index (χ0n) is 23.1. The van der Waals surface area contributed by atoms with Crippen LogP contribution in [-0.4, -0.2) is 45.9 Å². The summed E-state index contributed by atoms with van der Waals surface area (Å²) in [6.07, 6.45) is -2.74. The van der Waals surface area contributed by atoms with Gasteiger partial charge in [0, 0.05) is 24.8 Å². The maximum absolute atomic E-state index is 13.1. The van der Waals surface area contributed by atoms with Gasteiger partial charge in [-0.3, -0.25) is 4.79 Å². The minimum absolute atomic E-state index is 0.0203. The first-order valence-corrected chi connectivity index (χ1v) is 15.3. The minimum Gasteiger partial charge on any atom is -0.380 e. The van der Waals surface area contributed by atoms with Gasteiger partial charge in [-0.2, -0.15) is 13.2 Å². The predicted octanol–water partition coefficient (Wildman–Crippen LogP) is 5.91. The quantitative estimate of drug-likeness (QED) is 0.318. The number of sulfone groups is 1. The van der Waals surface area contributed by atoms with Gasteiger partial charge >= 0.3 is 6.18 Å². The molecule has 0 bridgehead atoms. The number of amides is 1. The van der Waals surface area contributed by atoms with Crippen molar-refractivity contribution < 1.29 is 31.1 Å². The highest BCUT2D eigenvalue weighted by Crippen LogP contribution is 2.36. The lowest BCUT2D eigenvalue weighted by Gasteiger charge is -2.41. The van der Waals surface area contributed by atoms with Crippen LogP contribution in [0.2, 0.25) is 0 Å². The molecule has 2 unspecified atom stereocenters. The second-order valence-electron chi connectivity index (χ2n) is 10.3. The Hall–Kier alpha value is -3.37. The maximum atomic E-state index is 13.1. The molecule has 3 aromatic carbocycles. The van der Waals surface area contributed by atoms with E-state index in [2.05, 4.69) is 4.90 Å². The molecule has 1 aliphatic rings. The number of piperidine rings is 1. The van der Waals surface area contributed by atoms with Gasteiger partial charge in [-0.1, -0.05) is 43.3 Å². The molecule has 41 heavy (non-hydrogen) atoms. The maximum Gasteiger partial charge on any atom is 0.416 e. The average molecular weight is 589 g/mol. The van der Waals surface area contributed by atoms with Crippen LogP contribution < -0.4 is 10.6 Å². The van der Waals surface area contributed by atoms with E-state index in [4.69, 9.17) is 10.5 Å². The van der Waals surface area contributed by atoms with Crippen molar-refractivity contribution in [2.24, 2.45) is 5.73 Å². The number of ether oxygens (including phenoxy) is 1. The van der Waals surface area contributed by atoms with Crippen LogP contribution in [0.5, 0.6) is 0 Å². The summed E-state index contributed by atoms with van der Waals surface area (Å²) >= 11 is 0. The molecule has 10 heteroatoms. The number of halogens is 3. The van der Waals surface area contributed by atoms with Gasteiger partial charge in [-0.25, -0.2) is 8.42 Å². The number of alkyl halides is 3. The second kappa shape index (κ2) is 12.7. The van der Waals surface area contributed by atoms with Gasteiger partial charge in [0.1, 0.15) is 0 Å². The summed E-state index contributed by atoms with van der Waals surface area (Å²) in [5, 5.41) is 0. The van der Waals surface area contributed by atoms with Crippen molar-refractivity contribution in [3.63, 3.8) is 0 Å². The van der Waals surface area contributed by atoms with E-state index >= 15 is 0 Å². The molecule has 0 radical (unpaired) electrons. The topological polar surface area (TPSA) is 89.7 Å². The summed E-state index contributed by atoms with van der Waals surface area (Å²) < 4.78 is 69.3. The van der Waals surface area contributed by atoms with E-state index in [0.29, 0.717) is 30.9 Å². The summed E-state index contributed by atoms with van der Waals surface area (Å²) in [7, 11) is -3.37. The van der Waals surface area contributed by atoms with Gasteiger partial charge in [0.2, 0.25) is 5.91 Å². The molecule has 1 saturated heterocycles. The number of nitrogens with zero attached hydrogens (tertiary/aromatic N) is 1. The van der Waals surface area contributed by atoms with Crippen LogP contribution in [0.3, 0.4) is 0 Å². The van der Waals surface area contributed by atoms with E-state index in [9.17, 15) is 26.4 Å². The fraction of sp³-hybridized carbons (Fsp3) is 0.387. The van der Waals surface area contributed by atoms with Crippen LogP contribution in [0.4, 0.5) is 18.9 Å². The summed E-state index contributed by atoms with van der Waals surface area (Å²) in [6.45, 7) is 5.21. The van der Waals surface area contributed by atoms with E-state index in [1.807, 2.05) is 31.2 Å². The Labute approximate surface area is 239 Å². The first-order chi connectivity index (χ1) is 19.4. The molecule has 4 rings (SSSR count). The number of rotatable bonds is 10. The van der Waals surface area contributed by atoms with Crippen molar-refractivity contribution in [3.8, 4) is 0 Å². The lowest BCUT2D eigenvalue weighted by molar-refractivity contribution is -0.137. The number of nitrogens with two attached hydrogens (primary N) is 1. The third-order valence-electron chi connectivity index (χ3n) is 7.73. The number of benzene rings is 3. The SMILES string of the molecule is CCOC[C@@H]1CCC(c2ccc(C(F)(F)F)cc2)CN1c1ccc(C(C(N)=O)c2ccc(S(=O)(=O)CC)cc2)cc1. The Morgan fingerprint density at radius 2 is 1.54 bits per heavy atom. The van der Waals surface area contributed by atoms with Crippen molar-refractivity contribution in [3.05, 3.63) is 95.1 Å². The van der Waals surface area contributed by atoms with Crippen molar-refractivity contribution in [2.45, 2.75) is 55.6 Å². The zero-order chi connectivity index (χ0) is 29.8. The monoisotopic (exact) mass is 588 g/mol. The molecule has 3 aromatic rings. The van der Waals surface area contributed by atoms with Crippen molar-refractivity contribution >= 4 is 21.4 Å². The highest BCUT2D eigenvalue weighted by Gasteiger charge is 2.33. The van der Waals surface area contributed by atoms with E-state index in [0.717, 1.165) is 36.2 Å². The van der Waals surface area contributed by atoms with Crippen LogP contribution in [0.25, 0.3) is 0 Å². The fourth-order valence-corrected chi connectivity index (χ4v) is 6.28. The molecule has 0 aliphatic carbocycles. The van der Waals surface area contributed by atoms with Crippen LogP contribution in [0, 0.1) is 0 Å². The van der Waals surface area contributed by atoms with E-state index in [-0.39, 0.29) is 22.6 Å². The van der Waals surface area contributed by atoms with Crippen LogP contribution in [0.1, 0.15) is 60.8 Å². The molecular weight excluding hydrogens is 553 g/mol. The second-order valence-corrected chi connectivity index (χ2v) is 12.5. The summed E-state index contributed by atoms with van der Waals surface area (Å²) in [4.78, 5) is 14.9. The Bertz CT molecular complexity index is 1420. The lowest BCUT2D eigenvalue weighted by Crippen LogP contribution is -2.45. The standard InChI is InChI=1S/C31H35F3N2O4S/c1-3-40-20-27-16-9-24(21-5-12-25(13-6-21)31(32,33)34)19-36(27)26-14-7-22(8-15-26)29(30(35)37)23-10-17-28(18-11-23)41(38,39)4-2/h5-8,10-15,17-18,24,27,29H,3-4,9,16,19-20H2,1-2H3,(H2,35,37)/t24?,27-,29?/m0/s1. The molecule has 1 aliphatic heterocycles. The normalized spacial score (nSPS) is 18.7. The van der Waals surface area contributed by atoms with E-state index in [1.54, 1.807) is 31.2 Å². The van der Waals surface area contributed by atoms with Crippen LogP contribution >= 0.6 is 0 Å². The van der Waals surface area contributed by atoms with Gasteiger partial charge < -0.3 is 15.4 Å². The minimum atomic E-state index is -4.38. The number of carbonyl (C=O) groups excluding carboxylic acids is 1. The fourth-order valence-electron chi connectivity index (χ4n) is 5.40.